The van der Waals surface area contributed by atoms with Gasteiger partial charge in [0.2, 0.25) is 0 Å². The van der Waals surface area contributed by atoms with E-state index in [2.05, 4.69) is 9.88 Å². The molecule has 7 rings (SSSR count). The molecule has 2 heterocycles. The van der Waals surface area contributed by atoms with Crippen LogP contribution in [0.3, 0.4) is 0 Å². The zero-order chi connectivity index (χ0) is 32.7. The minimum atomic E-state index is -1.03. The minimum Gasteiger partial charge on any atom is -0.491 e. The van der Waals surface area contributed by atoms with Crippen LogP contribution >= 0.6 is 0 Å². The normalized spacial score (nSPS) is 17.3. The van der Waals surface area contributed by atoms with Crippen molar-refractivity contribution in [3.63, 3.8) is 0 Å². The third-order valence-electron chi connectivity index (χ3n) is 10.1. The monoisotopic (exact) mass is 638 g/mol. The Morgan fingerprint density at radius 1 is 0.957 bits per heavy atom. The van der Waals surface area contributed by atoms with Crippen LogP contribution in [0, 0.1) is 11.6 Å². The summed E-state index contributed by atoms with van der Waals surface area (Å²) in [6.07, 6.45) is 10.0. The summed E-state index contributed by atoms with van der Waals surface area (Å²) in [7, 11) is 0. The highest BCUT2D eigenvalue weighted by molar-refractivity contribution is 6.04. The molecular weight excluding hydrogens is 602 g/mol. The number of ketones is 1. The van der Waals surface area contributed by atoms with Gasteiger partial charge in [0.05, 0.1) is 17.8 Å². The second-order valence-corrected chi connectivity index (χ2v) is 13.0. The molecule has 0 spiro atoms. The second-order valence-electron chi connectivity index (χ2n) is 13.0. The summed E-state index contributed by atoms with van der Waals surface area (Å²) in [6, 6.07) is 15.1. The van der Waals surface area contributed by atoms with E-state index in [0.29, 0.717) is 41.8 Å². The number of carbonyl (C=O) groups excluding carboxylic acids is 2. The Kier molecular flexibility index (Phi) is 8.16. The number of nitrogens with zero attached hydrogens (tertiary/aromatic N) is 1. The van der Waals surface area contributed by atoms with Crippen LogP contribution in [-0.2, 0) is 22.6 Å². The van der Waals surface area contributed by atoms with Crippen molar-refractivity contribution in [1.29, 1.82) is 0 Å². The Balaban J connectivity index is 1.20. The third-order valence-corrected chi connectivity index (χ3v) is 10.1. The van der Waals surface area contributed by atoms with Crippen molar-refractivity contribution in [2.24, 2.45) is 0 Å². The van der Waals surface area contributed by atoms with Gasteiger partial charge in [-0.3, -0.25) is 9.59 Å². The fraction of sp³-hybridized carbons (Fsp3) is 0.342. The third kappa shape index (κ3) is 5.83. The van der Waals surface area contributed by atoms with Crippen molar-refractivity contribution in [2.75, 3.05) is 6.61 Å². The Hall–Kier alpha value is -4.79. The maximum absolute atomic E-state index is 14.7. The van der Waals surface area contributed by atoms with Crippen molar-refractivity contribution < 1.29 is 33.0 Å². The highest BCUT2D eigenvalue weighted by Crippen LogP contribution is 2.47. The van der Waals surface area contributed by atoms with E-state index in [9.17, 15) is 23.2 Å². The van der Waals surface area contributed by atoms with Crippen LogP contribution in [0.2, 0.25) is 0 Å². The van der Waals surface area contributed by atoms with Crippen LogP contribution in [0.25, 0.3) is 28.2 Å². The molecular formula is C38H36F2N2O5. The lowest BCUT2D eigenvalue weighted by atomic mass is 9.72. The predicted octanol–water partition coefficient (Wildman–Crippen LogP) is 7.59. The van der Waals surface area contributed by atoms with Gasteiger partial charge >= 0.3 is 5.97 Å². The van der Waals surface area contributed by atoms with Gasteiger partial charge in [-0.05, 0) is 79.0 Å². The molecule has 0 radical (unpaired) electrons. The molecule has 0 unspecified atom stereocenters. The summed E-state index contributed by atoms with van der Waals surface area (Å²) >= 11 is 0. The van der Waals surface area contributed by atoms with Crippen LogP contribution in [0.1, 0.15) is 84.3 Å². The second kappa shape index (κ2) is 12.4. The quantitative estimate of drug-likeness (QED) is 0.194. The molecule has 3 aliphatic rings. The molecule has 0 saturated heterocycles. The molecule has 1 amide bonds. The van der Waals surface area contributed by atoms with Gasteiger partial charge in [0.25, 0.3) is 5.91 Å². The van der Waals surface area contributed by atoms with Crippen LogP contribution in [-0.4, -0.2) is 39.5 Å². The Labute approximate surface area is 271 Å². The number of rotatable bonds is 8. The molecule has 1 aliphatic heterocycles. The van der Waals surface area contributed by atoms with E-state index >= 15 is 0 Å². The predicted molar refractivity (Wildman–Crippen MR) is 174 cm³/mol. The van der Waals surface area contributed by atoms with E-state index in [0.717, 1.165) is 72.0 Å². The fourth-order valence-corrected chi connectivity index (χ4v) is 7.49. The van der Waals surface area contributed by atoms with Gasteiger partial charge in [0.15, 0.2) is 17.4 Å². The zero-order valence-electron chi connectivity index (χ0n) is 26.0. The molecule has 4 aromatic rings. The molecule has 0 atom stereocenters. The molecule has 2 saturated carbocycles. The highest BCUT2D eigenvalue weighted by Gasteiger charge is 2.45. The molecule has 2 fully saturated rings. The number of carboxylic acid groups (broad SMARTS) is 1. The lowest BCUT2D eigenvalue weighted by Gasteiger charge is -2.41. The van der Waals surface area contributed by atoms with Gasteiger partial charge in [0, 0.05) is 40.6 Å². The number of amides is 1. The molecule has 2 N–H and O–H groups in total. The average molecular weight is 639 g/mol. The van der Waals surface area contributed by atoms with E-state index < -0.39 is 23.1 Å². The summed E-state index contributed by atoms with van der Waals surface area (Å²) in [5.41, 5.74) is 4.26. The largest absolute Gasteiger partial charge is 0.491 e. The Bertz CT molecular complexity index is 1920. The maximum atomic E-state index is 14.7. The number of halogens is 2. The van der Waals surface area contributed by atoms with E-state index in [1.807, 2.05) is 12.1 Å². The number of hydrogen-bond acceptors (Lipinski definition) is 4. The number of carboxylic acids is 1. The van der Waals surface area contributed by atoms with Gasteiger partial charge in [-0.1, -0.05) is 49.6 Å². The lowest BCUT2D eigenvalue weighted by Crippen LogP contribution is -2.59. The molecule has 9 heteroatoms. The summed E-state index contributed by atoms with van der Waals surface area (Å²) in [4.78, 5) is 38.2. The number of ether oxygens (including phenoxy) is 1. The molecule has 47 heavy (non-hydrogen) atoms. The minimum absolute atomic E-state index is 0.0637. The molecule has 242 valence electrons. The van der Waals surface area contributed by atoms with Gasteiger partial charge in [-0.15, -0.1) is 0 Å². The number of carbonyl (C=O) groups is 3. The first kappa shape index (κ1) is 30.8. The first-order valence-corrected chi connectivity index (χ1v) is 16.4. The molecule has 2 aliphatic carbocycles. The molecule has 3 aromatic carbocycles. The molecule has 7 nitrogen and oxygen atoms in total. The van der Waals surface area contributed by atoms with E-state index in [-0.39, 0.29) is 30.6 Å². The van der Waals surface area contributed by atoms with Crippen molar-refractivity contribution in [1.82, 2.24) is 9.88 Å². The first-order valence-electron chi connectivity index (χ1n) is 16.4. The van der Waals surface area contributed by atoms with Crippen molar-refractivity contribution in [2.45, 2.75) is 75.8 Å². The van der Waals surface area contributed by atoms with E-state index in [1.165, 1.54) is 18.6 Å². The zero-order valence-corrected chi connectivity index (χ0v) is 26.0. The van der Waals surface area contributed by atoms with Gasteiger partial charge in [-0.25, -0.2) is 13.6 Å². The first-order chi connectivity index (χ1) is 22.7. The fourth-order valence-electron chi connectivity index (χ4n) is 7.49. The molecule has 0 bridgehead atoms. The summed E-state index contributed by atoms with van der Waals surface area (Å²) < 4.78 is 36.9. The van der Waals surface area contributed by atoms with E-state index in [4.69, 9.17) is 9.84 Å². The Morgan fingerprint density at radius 2 is 1.70 bits per heavy atom. The van der Waals surface area contributed by atoms with Crippen molar-refractivity contribution in [3.8, 4) is 17.0 Å². The number of nitrogens with one attached hydrogen (secondary N) is 1. The number of Topliss-reactive ketones (excluding diaryl/α,β-unsaturated/α-hetero) is 1. The highest BCUT2D eigenvalue weighted by atomic mass is 19.2. The summed E-state index contributed by atoms with van der Waals surface area (Å²) in [5.74, 6) is -2.74. The standard InChI is InChI=1S/C38H36F2N2O5/c39-29-21-28-32(22-30(29)40)47-18-17-42-31-20-26(12-13-27(31)35(36(28)42)25-5-2-1-3-6-25)37(46)41-38(15-4-16-38)33(43)19-24-9-7-23(8-10-24)11-14-34(44)45/h7-14,20-22,25H,1-6,15-19H2,(H,41,46)(H,44,45)/b14-11+. The van der Waals surface area contributed by atoms with Gasteiger partial charge in [0.1, 0.15) is 12.4 Å². The van der Waals surface area contributed by atoms with Crippen molar-refractivity contribution >= 4 is 34.6 Å². The number of benzene rings is 3. The van der Waals surface area contributed by atoms with Crippen molar-refractivity contribution in [3.05, 3.63) is 94.6 Å². The van der Waals surface area contributed by atoms with Gasteiger partial charge < -0.3 is 19.7 Å². The topological polar surface area (TPSA) is 97.6 Å². The van der Waals surface area contributed by atoms with E-state index in [1.54, 1.807) is 30.3 Å². The van der Waals surface area contributed by atoms with Crippen LogP contribution in [0.4, 0.5) is 8.78 Å². The summed E-state index contributed by atoms with van der Waals surface area (Å²) in [6.45, 7) is 0.721. The number of aliphatic carboxylic acids is 1. The number of aromatic nitrogens is 1. The average Bonchev–Trinajstić information content (AvgIpc) is 3.26. The summed E-state index contributed by atoms with van der Waals surface area (Å²) in [5, 5.41) is 12.9. The smallest absolute Gasteiger partial charge is 0.328 e. The maximum Gasteiger partial charge on any atom is 0.328 e. The molecule has 1 aromatic heterocycles. The van der Waals surface area contributed by atoms with Crippen LogP contribution in [0.15, 0.2) is 60.7 Å². The van der Waals surface area contributed by atoms with Crippen LogP contribution in [0.5, 0.6) is 5.75 Å². The Morgan fingerprint density at radius 3 is 2.40 bits per heavy atom. The SMILES string of the molecule is O=C(O)/C=C/c1ccc(CC(=O)C2(NC(=O)c3ccc4c(C5CCCCC5)c5n(c4c3)CCOc3cc(F)c(F)cc3-5)CCC2)cc1. The van der Waals surface area contributed by atoms with Gasteiger partial charge in [-0.2, -0.15) is 0 Å². The lowest BCUT2D eigenvalue weighted by molar-refractivity contribution is -0.131. The van der Waals surface area contributed by atoms with Crippen LogP contribution < -0.4 is 10.1 Å². The number of hydrogen-bond donors (Lipinski definition) is 2. The number of fused-ring (bicyclic) bond motifs is 5.